The quantitative estimate of drug-likeness (QED) is 0.506. The molecule has 154 valence electrons. The number of fused-ring (bicyclic) bond motifs is 1. The minimum Gasteiger partial charge on any atom is -0.337 e. The lowest BCUT2D eigenvalue weighted by Crippen LogP contribution is -2.30. The summed E-state index contributed by atoms with van der Waals surface area (Å²) < 4.78 is 42.4. The van der Waals surface area contributed by atoms with Gasteiger partial charge in [-0.1, -0.05) is 30.0 Å². The highest BCUT2D eigenvalue weighted by atomic mass is 32.2. The predicted molar refractivity (Wildman–Crippen MR) is 118 cm³/mol. The van der Waals surface area contributed by atoms with Crippen molar-refractivity contribution in [2.75, 3.05) is 18.5 Å². The zero-order chi connectivity index (χ0) is 21.5. The standard InChI is InChI=1S/C20H16FN3O3S3/c1-3-12-24-18(25)17(19-23(2)15-6-4-5-7-16(15)28-19)29-20(24)22-30(26,27)14-10-8-13(21)9-11-14/h3-11H,1,12H2,2H3/b19-17+,22-20-. The molecule has 0 saturated carbocycles. The summed E-state index contributed by atoms with van der Waals surface area (Å²) in [5, 5.41) is 0.751. The van der Waals surface area contributed by atoms with Crippen LogP contribution in [0.5, 0.6) is 0 Å². The van der Waals surface area contributed by atoms with E-state index in [1.54, 1.807) is 0 Å². The second-order valence-corrected chi connectivity index (χ2v) is 9.98. The van der Waals surface area contributed by atoms with Gasteiger partial charge in [-0.25, -0.2) is 4.39 Å². The second-order valence-electron chi connectivity index (χ2n) is 6.37. The predicted octanol–water partition coefficient (Wildman–Crippen LogP) is 4.04. The van der Waals surface area contributed by atoms with Crippen LogP contribution in [0.15, 0.2) is 85.3 Å². The molecule has 4 rings (SSSR count). The summed E-state index contributed by atoms with van der Waals surface area (Å²) in [7, 11) is -2.26. The van der Waals surface area contributed by atoms with Crippen LogP contribution in [0.25, 0.3) is 0 Å². The minimum absolute atomic E-state index is 0.0386. The molecule has 0 aromatic heterocycles. The molecule has 0 bridgehead atoms. The number of carbonyl (C=O) groups excluding carboxylic acids is 1. The maximum absolute atomic E-state index is 13.2. The SMILES string of the molecule is C=CCN1C(=O)/C(=C2\Sc3ccccc3N2C)S/C1=N\S(=O)(=O)c1ccc(F)cc1. The molecule has 0 spiro atoms. The van der Waals surface area contributed by atoms with Crippen LogP contribution in [0.1, 0.15) is 0 Å². The van der Waals surface area contributed by atoms with Gasteiger partial charge in [0.2, 0.25) is 0 Å². The first-order valence-electron chi connectivity index (χ1n) is 8.78. The molecule has 0 N–H and O–H groups in total. The largest absolute Gasteiger partial charge is 0.337 e. The molecular formula is C20H16FN3O3S3. The number of para-hydroxylation sites is 1. The molecule has 6 nitrogen and oxygen atoms in total. The molecule has 1 saturated heterocycles. The Hall–Kier alpha value is -2.56. The van der Waals surface area contributed by atoms with E-state index >= 15 is 0 Å². The monoisotopic (exact) mass is 461 g/mol. The van der Waals surface area contributed by atoms with Crippen LogP contribution in [-0.4, -0.2) is 38.0 Å². The zero-order valence-corrected chi connectivity index (χ0v) is 18.2. The third kappa shape index (κ3) is 3.66. The Morgan fingerprint density at radius 1 is 1.13 bits per heavy atom. The van der Waals surface area contributed by atoms with Gasteiger partial charge in [0.15, 0.2) is 5.17 Å². The zero-order valence-electron chi connectivity index (χ0n) is 15.8. The fraction of sp³-hybridized carbons (Fsp3) is 0.100. The maximum Gasteiger partial charge on any atom is 0.284 e. The fourth-order valence-corrected chi connectivity index (χ4v) is 6.49. The van der Waals surface area contributed by atoms with Crippen molar-refractivity contribution in [3.8, 4) is 0 Å². The molecule has 2 aliphatic heterocycles. The molecule has 0 unspecified atom stereocenters. The Kier molecular flexibility index (Phi) is 5.48. The van der Waals surface area contributed by atoms with Crippen LogP contribution in [-0.2, 0) is 14.8 Å². The number of hydrogen-bond acceptors (Lipinski definition) is 6. The number of halogens is 1. The summed E-state index contributed by atoms with van der Waals surface area (Å²) in [4.78, 5) is 17.5. The molecule has 2 heterocycles. The average molecular weight is 462 g/mol. The topological polar surface area (TPSA) is 70.1 Å². The smallest absolute Gasteiger partial charge is 0.284 e. The van der Waals surface area contributed by atoms with Crippen LogP contribution in [0.3, 0.4) is 0 Å². The van der Waals surface area contributed by atoms with Gasteiger partial charge in [-0.15, -0.1) is 11.0 Å². The number of nitrogens with zero attached hydrogens (tertiary/aromatic N) is 3. The van der Waals surface area contributed by atoms with E-state index in [0.29, 0.717) is 9.93 Å². The van der Waals surface area contributed by atoms with E-state index in [0.717, 1.165) is 46.6 Å². The normalized spacial score (nSPS) is 20.2. The van der Waals surface area contributed by atoms with Crippen molar-refractivity contribution in [1.82, 2.24) is 4.90 Å². The number of amides is 1. The summed E-state index contributed by atoms with van der Waals surface area (Å²) in [5.74, 6) is -0.886. The van der Waals surface area contributed by atoms with Crippen molar-refractivity contribution in [3.05, 3.63) is 76.9 Å². The molecule has 10 heteroatoms. The van der Waals surface area contributed by atoms with Gasteiger partial charge in [0.1, 0.15) is 10.7 Å². The van der Waals surface area contributed by atoms with Crippen molar-refractivity contribution in [3.63, 3.8) is 0 Å². The first-order valence-corrected chi connectivity index (χ1v) is 11.8. The number of anilines is 1. The maximum atomic E-state index is 13.2. The summed E-state index contributed by atoms with van der Waals surface area (Å²) in [5.41, 5.74) is 0.970. The Morgan fingerprint density at radius 3 is 2.50 bits per heavy atom. The fourth-order valence-electron chi connectivity index (χ4n) is 2.96. The lowest BCUT2D eigenvalue weighted by molar-refractivity contribution is -0.121. The van der Waals surface area contributed by atoms with Crippen LogP contribution < -0.4 is 4.90 Å². The number of amidine groups is 1. The molecule has 0 radical (unpaired) electrons. The summed E-state index contributed by atoms with van der Waals surface area (Å²) in [6.07, 6.45) is 1.51. The number of benzene rings is 2. The van der Waals surface area contributed by atoms with Gasteiger partial charge >= 0.3 is 0 Å². The van der Waals surface area contributed by atoms with Gasteiger partial charge in [0.25, 0.3) is 15.9 Å². The average Bonchev–Trinajstić information content (AvgIpc) is 3.20. The molecule has 0 atom stereocenters. The van der Waals surface area contributed by atoms with Crippen LogP contribution >= 0.6 is 23.5 Å². The van der Waals surface area contributed by atoms with Crippen molar-refractivity contribution in [2.24, 2.45) is 4.40 Å². The number of thioether (sulfide) groups is 2. The van der Waals surface area contributed by atoms with Gasteiger partial charge in [-0.05, 0) is 48.2 Å². The van der Waals surface area contributed by atoms with Crippen LogP contribution in [0, 0.1) is 5.82 Å². The number of carbonyl (C=O) groups is 1. The van der Waals surface area contributed by atoms with Gasteiger partial charge in [-0.2, -0.15) is 8.42 Å². The Morgan fingerprint density at radius 2 is 1.83 bits per heavy atom. The highest BCUT2D eigenvalue weighted by molar-refractivity contribution is 8.19. The van der Waals surface area contributed by atoms with Crippen molar-refractivity contribution < 1.29 is 17.6 Å². The van der Waals surface area contributed by atoms with E-state index in [1.165, 1.54) is 22.7 Å². The van der Waals surface area contributed by atoms with Crippen molar-refractivity contribution in [1.29, 1.82) is 0 Å². The Labute approximate surface area is 182 Å². The first-order chi connectivity index (χ1) is 14.3. The number of rotatable bonds is 4. The summed E-state index contributed by atoms with van der Waals surface area (Å²) in [6, 6.07) is 12.1. The number of hydrogen-bond donors (Lipinski definition) is 0. The van der Waals surface area contributed by atoms with Gasteiger partial charge in [0.05, 0.1) is 15.6 Å². The lowest BCUT2D eigenvalue weighted by Gasteiger charge is -2.15. The van der Waals surface area contributed by atoms with Gasteiger partial charge in [-0.3, -0.25) is 9.69 Å². The Balaban J connectivity index is 1.75. The minimum atomic E-state index is -4.12. The van der Waals surface area contributed by atoms with Crippen LogP contribution in [0.2, 0.25) is 0 Å². The molecular weight excluding hydrogens is 445 g/mol. The van der Waals surface area contributed by atoms with E-state index < -0.39 is 15.8 Å². The molecule has 2 aliphatic rings. The first kappa shape index (κ1) is 20.7. The van der Waals surface area contributed by atoms with E-state index in [1.807, 2.05) is 36.2 Å². The molecule has 30 heavy (non-hydrogen) atoms. The highest BCUT2D eigenvalue weighted by Crippen LogP contribution is 2.49. The second kappa shape index (κ2) is 7.93. The lowest BCUT2D eigenvalue weighted by atomic mass is 10.3. The van der Waals surface area contributed by atoms with Crippen LogP contribution in [0.4, 0.5) is 10.1 Å². The highest BCUT2D eigenvalue weighted by Gasteiger charge is 2.39. The van der Waals surface area contributed by atoms with Gasteiger partial charge < -0.3 is 4.90 Å². The molecule has 0 aliphatic carbocycles. The summed E-state index contributed by atoms with van der Waals surface area (Å²) >= 11 is 2.45. The van der Waals surface area contributed by atoms with Gasteiger partial charge in [0, 0.05) is 18.5 Å². The third-order valence-electron chi connectivity index (χ3n) is 4.42. The van der Waals surface area contributed by atoms with Crippen molar-refractivity contribution in [2.45, 2.75) is 9.79 Å². The number of sulfonamides is 1. The van der Waals surface area contributed by atoms with E-state index in [-0.39, 0.29) is 22.5 Å². The molecule has 1 fully saturated rings. The van der Waals surface area contributed by atoms with Crippen molar-refractivity contribution >= 4 is 50.3 Å². The summed E-state index contributed by atoms with van der Waals surface area (Å²) in [6.45, 7) is 3.76. The Bertz CT molecular complexity index is 1210. The van der Waals surface area contributed by atoms with E-state index in [2.05, 4.69) is 11.0 Å². The molecule has 1 amide bonds. The van der Waals surface area contributed by atoms with E-state index in [4.69, 9.17) is 0 Å². The molecule has 2 aromatic rings. The third-order valence-corrected chi connectivity index (χ3v) is 8.25. The molecule has 2 aromatic carbocycles. The van der Waals surface area contributed by atoms with E-state index in [9.17, 15) is 17.6 Å².